The normalized spacial score (nSPS) is 41.2. The molecule has 3 aliphatic heterocycles. The van der Waals surface area contributed by atoms with Crippen LogP contribution in [0.5, 0.6) is 0 Å². The molecule has 0 saturated carbocycles. The number of likely N-dealkylation sites (N-methyl/N-ethyl adjacent to an activating group) is 1. The minimum absolute atomic E-state index is 0.134. The van der Waals surface area contributed by atoms with Crippen LogP contribution in [-0.4, -0.2) is 118 Å². The molecule has 4 rings (SSSR count). The van der Waals surface area contributed by atoms with Gasteiger partial charge in [-0.25, -0.2) is 4.79 Å². The molecule has 0 aromatic carbocycles. The number of ether oxygens (including phenoxy) is 6. The average molecular weight is 721 g/mol. The van der Waals surface area contributed by atoms with Crippen LogP contribution in [0.4, 0.5) is 4.79 Å². The van der Waals surface area contributed by atoms with Gasteiger partial charge in [0.1, 0.15) is 24.1 Å². The van der Waals surface area contributed by atoms with Gasteiger partial charge in [0, 0.05) is 30.3 Å². The standard InChI is InChI=1S/C37H56N2O12/c1-11-26-37(8)32(50-35(44)51-37)21(4)28(41)19(2)17-36(7,45)31(49-34-29(42)25(39(9)10)15-20(3)46-34)22(5)30(23(6)33(43)47-26)48-27(40)16-24-13-12-14-38-18-24/h12-14,18-23,25-26,29-32,34,42,45H,11,15-17H2,1-10H3/t19-,20-,21+,22+,23-,25+,26-,29-,30+,31-,32-,34+,36+,37-/m1/s1. The Bertz CT molecular complexity index is 1390. The van der Waals surface area contributed by atoms with E-state index in [9.17, 15) is 29.4 Å². The summed E-state index contributed by atoms with van der Waals surface area (Å²) in [6.07, 6.45) is -4.69. The fourth-order valence-corrected chi connectivity index (χ4v) is 8.09. The first-order valence-corrected chi connectivity index (χ1v) is 17.9. The number of fused-ring (bicyclic) bond motifs is 1. The number of ketones is 1. The van der Waals surface area contributed by atoms with Crippen LogP contribution < -0.4 is 0 Å². The van der Waals surface area contributed by atoms with Crippen molar-refractivity contribution in [2.45, 2.75) is 141 Å². The van der Waals surface area contributed by atoms with Crippen LogP contribution >= 0.6 is 0 Å². The highest BCUT2D eigenvalue weighted by Crippen LogP contribution is 2.42. The smallest absolute Gasteiger partial charge is 0.461 e. The molecule has 3 saturated heterocycles. The number of Topliss-reactive ketones (excluding diaryl/α,β-unsaturated/α-hetero) is 1. The second-order valence-corrected chi connectivity index (χ2v) is 15.3. The zero-order valence-corrected chi connectivity index (χ0v) is 31.4. The number of hydrogen-bond donors (Lipinski definition) is 2. The quantitative estimate of drug-likeness (QED) is 0.310. The van der Waals surface area contributed by atoms with Crippen molar-refractivity contribution in [2.24, 2.45) is 23.7 Å². The molecule has 0 unspecified atom stereocenters. The molecule has 1 aromatic heterocycles. The number of hydrogen-bond acceptors (Lipinski definition) is 14. The van der Waals surface area contributed by atoms with Gasteiger partial charge in [-0.15, -0.1) is 0 Å². The van der Waals surface area contributed by atoms with Crippen molar-refractivity contribution in [1.82, 2.24) is 9.88 Å². The summed E-state index contributed by atoms with van der Waals surface area (Å²) < 4.78 is 35.9. The molecule has 14 atom stereocenters. The van der Waals surface area contributed by atoms with Crippen LogP contribution in [-0.2, 0) is 49.2 Å². The molecular formula is C37H56N2O12. The highest BCUT2D eigenvalue weighted by molar-refractivity contribution is 5.84. The van der Waals surface area contributed by atoms with E-state index < -0.39 is 89.8 Å². The second-order valence-electron chi connectivity index (χ2n) is 15.3. The largest absolute Gasteiger partial charge is 0.509 e. The molecule has 14 heteroatoms. The molecule has 4 heterocycles. The number of carbonyl (C=O) groups excluding carboxylic acids is 4. The van der Waals surface area contributed by atoms with Gasteiger partial charge < -0.3 is 43.5 Å². The van der Waals surface area contributed by atoms with Crippen molar-refractivity contribution in [3.63, 3.8) is 0 Å². The highest BCUT2D eigenvalue weighted by atomic mass is 16.8. The van der Waals surface area contributed by atoms with E-state index in [0.717, 1.165) is 0 Å². The molecule has 0 spiro atoms. The van der Waals surface area contributed by atoms with Crippen molar-refractivity contribution in [2.75, 3.05) is 14.1 Å². The van der Waals surface area contributed by atoms with Crippen molar-refractivity contribution < 1.29 is 57.8 Å². The first-order valence-electron chi connectivity index (χ1n) is 17.9. The van der Waals surface area contributed by atoms with Gasteiger partial charge in [0.25, 0.3) is 0 Å². The molecule has 0 bridgehead atoms. The van der Waals surface area contributed by atoms with E-state index in [2.05, 4.69) is 4.98 Å². The van der Waals surface area contributed by atoms with Crippen LogP contribution in [0.1, 0.15) is 80.2 Å². The van der Waals surface area contributed by atoms with Crippen LogP contribution in [0.3, 0.4) is 0 Å². The topological polar surface area (TPSA) is 180 Å². The average Bonchev–Trinajstić information content (AvgIpc) is 3.38. The van der Waals surface area contributed by atoms with E-state index >= 15 is 0 Å². The Morgan fingerprint density at radius 3 is 2.37 bits per heavy atom. The van der Waals surface area contributed by atoms with Crippen molar-refractivity contribution in [3.8, 4) is 0 Å². The Kier molecular flexibility index (Phi) is 12.9. The summed E-state index contributed by atoms with van der Waals surface area (Å²) >= 11 is 0. The lowest BCUT2D eigenvalue weighted by Crippen LogP contribution is -2.60. The van der Waals surface area contributed by atoms with Gasteiger partial charge in [0.05, 0.1) is 36.1 Å². The molecule has 286 valence electrons. The number of aliphatic hydroxyl groups is 2. The molecule has 3 aliphatic rings. The lowest BCUT2D eigenvalue weighted by atomic mass is 9.74. The van der Waals surface area contributed by atoms with Crippen LogP contribution in [0.25, 0.3) is 0 Å². The molecule has 3 fully saturated rings. The third-order valence-corrected chi connectivity index (χ3v) is 10.8. The zero-order chi connectivity index (χ0) is 38.0. The summed E-state index contributed by atoms with van der Waals surface area (Å²) in [5.41, 5.74) is -2.74. The predicted octanol–water partition coefficient (Wildman–Crippen LogP) is 3.23. The maximum Gasteiger partial charge on any atom is 0.509 e. The Morgan fingerprint density at radius 1 is 1.08 bits per heavy atom. The number of aromatic nitrogens is 1. The minimum Gasteiger partial charge on any atom is -0.461 e. The van der Waals surface area contributed by atoms with Gasteiger partial charge in [-0.05, 0) is 72.7 Å². The lowest BCUT2D eigenvalue weighted by molar-refractivity contribution is -0.299. The molecule has 51 heavy (non-hydrogen) atoms. The van der Waals surface area contributed by atoms with E-state index in [-0.39, 0.29) is 37.2 Å². The first-order chi connectivity index (χ1) is 23.8. The highest BCUT2D eigenvalue weighted by Gasteiger charge is 2.59. The van der Waals surface area contributed by atoms with Gasteiger partial charge in [-0.1, -0.05) is 33.8 Å². The number of cyclic esters (lactones) is 1. The van der Waals surface area contributed by atoms with Crippen LogP contribution in [0, 0.1) is 23.7 Å². The number of pyridine rings is 1. The van der Waals surface area contributed by atoms with Crippen molar-refractivity contribution >= 4 is 23.9 Å². The summed E-state index contributed by atoms with van der Waals surface area (Å²) in [6.45, 7) is 13.2. The van der Waals surface area contributed by atoms with Crippen molar-refractivity contribution in [1.29, 1.82) is 0 Å². The minimum atomic E-state index is -1.81. The first kappa shape index (κ1) is 40.6. The Hall–Kier alpha value is -3.17. The van der Waals surface area contributed by atoms with Crippen molar-refractivity contribution in [3.05, 3.63) is 30.1 Å². The number of nitrogens with zero attached hydrogens (tertiary/aromatic N) is 2. The third kappa shape index (κ3) is 8.90. The van der Waals surface area contributed by atoms with E-state index in [1.54, 1.807) is 59.9 Å². The monoisotopic (exact) mass is 720 g/mol. The Morgan fingerprint density at radius 2 is 1.76 bits per heavy atom. The summed E-state index contributed by atoms with van der Waals surface area (Å²) in [5.74, 6) is -5.50. The number of carbonyl (C=O) groups is 4. The maximum absolute atomic E-state index is 14.1. The Labute approximate surface area is 300 Å². The summed E-state index contributed by atoms with van der Waals surface area (Å²) in [6, 6.07) is 3.07. The second kappa shape index (κ2) is 16.2. The van der Waals surface area contributed by atoms with Gasteiger partial charge in [0.2, 0.25) is 0 Å². The SMILES string of the molecule is CC[C@H]1OC(=O)[C@H](C)[C@@H](OC(=O)Cc2cccnc2)[C@H](C)[C@@H](O[C@@H]2O[C@H](C)C[C@H](N(C)C)[C@H]2O)[C@@](C)(O)C[C@@H](C)C(=O)[C@H](C)[C@H]2OC(=O)O[C@@]21C. The number of esters is 2. The third-order valence-electron chi connectivity index (χ3n) is 10.8. The van der Waals surface area contributed by atoms with Gasteiger partial charge in [-0.2, -0.15) is 0 Å². The van der Waals surface area contributed by atoms with E-state index in [0.29, 0.717) is 12.0 Å². The van der Waals surface area contributed by atoms with Crippen LogP contribution in [0.15, 0.2) is 24.5 Å². The number of rotatable bonds is 7. The molecule has 14 nitrogen and oxygen atoms in total. The molecule has 0 radical (unpaired) electrons. The van der Waals surface area contributed by atoms with E-state index in [1.807, 2.05) is 25.9 Å². The van der Waals surface area contributed by atoms with E-state index in [4.69, 9.17) is 28.4 Å². The number of aliphatic hydroxyl groups excluding tert-OH is 1. The molecule has 0 amide bonds. The van der Waals surface area contributed by atoms with E-state index in [1.165, 1.54) is 13.1 Å². The molecule has 2 N–H and O–H groups in total. The van der Waals surface area contributed by atoms with Crippen LogP contribution in [0.2, 0.25) is 0 Å². The fraction of sp³-hybridized carbons (Fsp3) is 0.757. The maximum atomic E-state index is 14.1. The molecular weight excluding hydrogens is 664 g/mol. The predicted molar refractivity (Wildman–Crippen MR) is 182 cm³/mol. The molecule has 1 aromatic rings. The molecule has 0 aliphatic carbocycles. The summed E-state index contributed by atoms with van der Waals surface area (Å²) in [4.78, 5) is 60.1. The van der Waals surface area contributed by atoms with Gasteiger partial charge in [0.15, 0.2) is 18.0 Å². The fourth-order valence-electron chi connectivity index (χ4n) is 8.09. The Balaban J connectivity index is 1.81. The summed E-state index contributed by atoms with van der Waals surface area (Å²) in [7, 11) is 3.67. The lowest BCUT2D eigenvalue weighted by Gasteiger charge is -2.47. The summed E-state index contributed by atoms with van der Waals surface area (Å²) in [5, 5.41) is 23.8. The van der Waals surface area contributed by atoms with Gasteiger partial charge >= 0.3 is 18.1 Å². The van der Waals surface area contributed by atoms with Gasteiger partial charge in [-0.3, -0.25) is 19.4 Å². The zero-order valence-electron chi connectivity index (χ0n) is 31.4.